The average Bonchev–Trinajstić information content (AvgIpc) is 2.25. The third kappa shape index (κ3) is 5.33. The van der Waals surface area contributed by atoms with E-state index < -0.39 is 17.8 Å². The molecule has 0 radical (unpaired) electrons. The maximum atomic E-state index is 11.5. The molecule has 7 nitrogen and oxygen atoms in total. The van der Waals surface area contributed by atoms with Gasteiger partial charge in [0.1, 0.15) is 11.6 Å². The van der Waals surface area contributed by atoms with Gasteiger partial charge in [-0.25, -0.2) is 4.79 Å². The summed E-state index contributed by atoms with van der Waals surface area (Å²) in [6.07, 6.45) is 5.01. The molecular weight excluding hydrogens is 236 g/mol. The number of imide groups is 2. The predicted octanol–water partition coefficient (Wildman–Crippen LogP) is -0.621. The topological polar surface area (TPSA) is 111 Å². The molecule has 0 bridgehead atoms. The molecule has 0 unspecified atom stereocenters. The first-order valence-electron chi connectivity index (χ1n) is 4.83. The summed E-state index contributed by atoms with van der Waals surface area (Å²) in [4.78, 5) is 33.1. The summed E-state index contributed by atoms with van der Waals surface area (Å²) in [5.41, 5.74) is -0.0486. The second kappa shape index (κ2) is 7.47. The molecule has 94 valence electrons. The van der Waals surface area contributed by atoms with Gasteiger partial charge in [0.2, 0.25) is 5.91 Å². The number of nitrogens with one attached hydrogen (secondary N) is 3. The molecule has 4 amide bonds. The summed E-state index contributed by atoms with van der Waals surface area (Å²) in [5.74, 6) is 0.734. The Labute approximate surface area is 104 Å². The Morgan fingerprint density at radius 3 is 2.28 bits per heavy atom. The number of nitriles is 1. The second-order valence-corrected chi connectivity index (χ2v) is 3.13. The highest BCUT2D eigenvalue weighted by Crippen LogP contribution is 1.99. The monoisotopic (exact) mass is 248 g/mol. The van der Waals surface area contributed by atoms with E-state index in [-0.39, 0.29) is 17.8 Å². The molecule has 0 atom stereocenters. The van der Waals surface area contributed by atoms with Gasteiger partial charge in [-0.05, 0) is 6.92 Å². The Morgan fingerprint density at radius 1 is 1.22 bits per heavy atom. The molecule has 0 aromatic rings. The minimum absolute atomic E-state index is 0.143. The zero-order chi connectivity index (χ0) is 14.1. The summed E-state index contributed by atoms with van der Waals surface area (Å²) in [5, 5.41) is 15.1. The SMILES string of the molecule is C#CCNC(C)=C(C#N)C(=O)NC(=O)NC(C)=O. The number of allylic oxidation sites excluding steroid dienone is 1. The third-order valence-corrected chi connectivity index (χ3v) is 1.69. The molecule has 0 aliphatic carbocycles. The van der Waals surface area contributed by atoms with Crippen LogP contribution in [-0.4, -0.2) is 24.4 Å². The van der Waals surface area contributed by atoms with Crippen molar-refractivity contribution in [3.05, 3.63) is 11.3 Å². The van der Waals surface area contributed by atoms with E-state index in [1.54, 1.807) is 6.07 Å². The lowest BCUT2D eigenvalue weighted by Gasteiger charge is -2.07. The van der Waals surface area contributed by atoms with Crippen LogP contribution in [0.3, 0.4) is 0 Å². The van der Waals surface area contributed by atoms with Crippen LogP contribution in [0, 0.1) is 23.7 Å². The zero-order valence-electron chi connectivity index (χ0n) is 9.96. The maximum absolute atomic E-state index is 11.5. The Balaban J connectivity index is 4.74. The zero-order valence-corrected chi connectivity index (χ0v) is 9.96. The van der Waals surface area contributed by atoms with Crippen LogP contribution in [0.15, 0.2) is 11.3 Å². The molecule has 0 aliphatic heterocycles. The number of hydrogen-bond acceptors (Lipinski definition) is 5. The van der Waals surface area contributed by atoms with E-state index in [0.29, 0.717) is 0 Å². The molecule has 0 fully saturated rings. The van der Waals surface area contributed by atoms with Gasteiger partial charge in [0.25, 0.3) is 5.91 Å². The number of hydrogen-bond donors (Lipinski definition) is 3. The van der Waals surface area contributed by atoms with Crippen LogP contribution in [0.2, 0.25) is 0 Å². The molecule has 0 heterocycles. The van der Waals surface area contributed by atoms with Crippen LogP contribution in [0.25, 0.3) is 0 Å². The fraction of sp³-hybridized carbons (Fsp3) is 0.273. The van der Waals surface area contributed by atoms with Gasteiger partial charge in [0.15, 0.2) is 0 Å². The molecular formula is C11H12N4O3. The summed E-state index contributed by atoms with van der Waals surface area (Å²) < 4.78 is 0. The van der Waals surface area contributed by atoms with Crippen LogP contribution < -0.4 is 16.0 Å². The highest BCUT2D eigenvalue weighted by Gasteiger charge is 2.16. The Bertz CT molecular complexity index is 479. The average molecular weight is 248 g/mol. The van der Waals surface area contributed by atoms with E-state index in [0.717, 1.165) is 6.92 Å². The van der Waals surface area contributed by atoms with Crippen molar-refractivity contribution in [2.45, 2.75) is 13.8 Å². The van der Waals surface area contributed by atoms with Crippen LogP contribution in [0.5, 0.6) is 0 Å². The minimum atomic E-state index is -0.995. The standard InChI is InChI=1S/C11H12N4O3/c1-4-5-13-7(2)9(6-12)10(17)15-11(18)14-8(3)16/h1,13H,5H2,2-3H3,(H2,14,15,16,17,18). The highest BCUT2D eigenvalue weighted by atomic mass is 16.2. The smallest absolute Gasteiger partial charge is 0.328 e. The Morgan fingerprint density at radius 2 is 1.83 bits per heavy atom. The van der Waals surface area contributed by atoms with Crippen molar-refractivity contribution in [3.63, 3.8) is 0 Å². The van der Waals surface area contributed by atoms with Gasteiger partial charge in [0, 0.05) is 12.6 Å². The predicted molar refractivity (Wildman–Crippen MR) is 62.5 cm³/mol. The fourth-order valence-corrected chi connectivity index (χ4v) is 0.934. The quantitative estimate of drug-likeness (QED) is 0.350. The van der Waals surface area contributed by atoms with E-state index in [2.05, 4.69) is 11.2 Å². The van der Waals surface area contributed by atoms with Crippen molar-refractivity contribution in [1.82, 2.24) is 16.0 Å². The van der Waals surface area contributed by atoms with Crippen LogP contribution >= 0.6 is 0 Å². The number of carbonyl (C=O) groups excluding carboxylic acids is 3. The first-order chi connectivity index (χ1) is 8.42. The van der Waals surface area contributed by atoms with E-state index >= 15 is 0 Å². The molecule has 0 saturated carbocycles. The number of nitrogens with zero attached hydrogens (tertiary/aromatic N) is 1. The molecule has 7 heteroatoms. The van der Waals surface area contributed by atoms with Gasteiger partial charge in [-0.1, -0.05) is 5.92 Å². The Kier molecular flexibility index (Phi) is 6.31. The number of rotatable bonds is 3. The summed E-state index contributed by atoms with van der Waals surface area (Å²) in [6.45, 7) is 2.73. The lowest BCUT2D eigenvalue weighted by Crippen LogP contribution is -2.42. The number of urea groups is 1. The van der Waals surface area contributed by atoms with Gasteiger partial charge in [-0.15, -0.1) is 6.42 Å². The van der Waals surface area contributed by atoms with Gasteiger partial charge >= 0.3 is 6.03 Å². The van der Waals surface area contributed by atoms with Crippen molar-refractivity contribution in [2.75, 3.05) is 6.54 Å². The first kappa shape index (κ1) is 15.2. The fourth-order valence-electron chi connectivity index (χ4n) is 0.934. The van der Waals surface area contributed by atoms with Crippen molar-refractivity contribution >= 4 is 17.8 Å². The van der Waals surface area contributed by atoms with Crippen LogP contribution in [0.4, 0.5) is 4.79 Å². The summed E-state index contributed by atoms with van der Waals surface area (Å²) in [6, 6.07) is 0.645. The normalized spacial score (nSPS) is 10.2. The van der Waals surface area contributed by atoms with E-state index in [4.69, 9.17) is 11.7 Å². The molecule has 0 aromatic heterocycles. The second-order valence-electron chi connectivity index (χ2n) is 3.13. The summed E-state index contributed by atoms with van der Waals surface area (Å²) in [7, 11) is 0. The Hall–Kier alpha value is -2.80. The minimum Gasteiger partial charge on any atom is -0.376 e. The molecule has 0 spiro atoms. The third-order valence-electron chi connectivity index (χ3n) is 1.69. The molecule has 18 heavy (non-hydrogen) atoms. The van der Waals surface area contributed by atoms with E-state index in [1.165, 1.54) is 6.92 Å². The van der Waals surface area contributed by atoms with Gasteiger partial charge in [-0.2, -0.15) is 5.26 Å². The van der Waals surface area contributed by atoms with Gasteiger partial charge in [-0.3, -0.25) is 20.2 Å². The first-order valence-corrected chi connectivity index (χ1v) is 4.83. The molecule has 3 N–H and O–H groups in total. The lowest BCUT2D eigenvalue weighted by atomic mass is 10.2. The highest BCUT2D eigenvalue weighted by molar-refractivity contribution is 6.09. The van der Waals surface area contributed by atoms with E-state index in [1.807, 2.05) is 10.6 Å². The largest absolute Gasteiger partial charge is 0.376 e. The molecule has 0 aromatic carbocycles. The summed E-state index contributed by atoms with van der Waals surface area (Å²) >= 11 is 0. The van der Waals surface area contributed by atoms with Crippen LogP contribution in [0.1, 0.15) is 13.8 Å². The van der Waals surface area contributed by atoms with Crippen molar-refractivity contribution in [3.8, 4) is 18.4 Å². The van der Waals surface area contributed by atoms with Gasteiger partial charge in [0.05, 0.1) is 6.54 Å². The number of amides is 4. The van der Waals surface area contributed by atoms with Crippen molar-refractivity contribution in [2.24, 2.45) is 0 Å². The number of carbonyl (C=O) groups is 3. The van der Waals surface area contributed by atoms with Crippen molar-refractivity contribution < 1.29 is 14.4 Å². The lowest BCUT2D eigenvalue weighted by molar-refractivity contribution is -0.118. The van der Waals surface area contributed by atoms with Crippen molar-refractivity contribution in [1.29, 1.82) is 5.26 Å². The molecule has 0 saturated heterocycles. The van der Waals surface area contributed by atoms with Crippen LogP contribution in [-0.2, 0) is 9.59 Å². The number of terminal acetylenes is 1. The molecule has 0 aliphatic rings. The van der Waals surface area contributed by atoms with Gasteiger partial charge < -0.3 is 5.32 Å². The molecule has 0 rings (SSSR count). The van der Waals surface area contributed by atoms with E-state index in [9.17, 15) is 14.4 Å². The maximum Gasteiger partial charge on any atom is 0.328 e.